The van der Waals surface area contributed by atoms with E-state index in [0.29, 0.717) is 11.8 Å². The zero-order valence-corrected chi connectivity index (χ0v) is 12.7. The summed E-state index contributed by atoms with van der Waals surface area (Å²) in [7, 11) is 0. The lowest BCUT2D eigenvalue weighted by molar-refractivity contribution is 0.0375. The van der Waals surface area contributed by atoms with E-state index in [9.17, 15) is 5.11 Å². The molecule has 1 fully saturated rings. The third-order valence-corrected chi connectivity index (χ3v) is 4.85. The standard InChI is InChI=1S/C12H23N5OS/c1-9(2)12(3,18)8-19-11-14-15-16-17(11)7-6-13-10-4-5-10/h9-10,13,18H,4-8H2,1-3H3. The van der Waals surface area contributed by atoms with Gasteiger partial charge in [0, 0.05) is 18.3 Å². The average molecular weight is 285 g/mol. The van der Waals surface area contributed by atoms with Crippen molar-refractivity contribution in [2.24, 2.45) is 5.92 Å². The third-order valence-electron chi connectivity index (χ3n) is 3.57. The quantitative estimate of drug-likeness (QED) is 0.692. The van der Waals surface area contributed by atoms with Crippen LogP contribution >= 0.6 is 11.8 Å². The summed E-state index contributed by atoms with van der Waals surface area (Å²) in [5.74, 6) is 0.807. The fourth-order valence-electron chi connectivity index (χ4n) is 1.48. The molecule has 0 spiro atoms. The number of rotatable bonds is 8. The minimum absolute atomic E-state index is 0.209. The van der Waals surface area contributed by atoms with Gasteiger partial charge in [0.05, 0.1) is 12.1 Å². The summed E-state index contributed by atoms with van der Waals surface area (Å²) in [6.45, 7) is 7.55. The van der Waals surface area contributed by atoms with Crippen LogP contribution in [-0.4, -0.2) is 49.3 Å². The van der Waals surface area contributed by atoms with Crippen LogP contribution in [0.1, 0.15) is 33.6 Å². The molecule has 0 radical (unpaired) electrons. The normalized spacial score (nSPS) is 18.8. The molecule has 7 heteroatoms. The number of hydrogen-bond donors (Lipinski definition) is 2. The number of nitrogens with zero attached hydrogens (tertiary/aromatic N) is 4. The molecule has 1 aliphatic rings. The van der Waals surface area contributed by atoms with E-state index < -0.39 is 5.60 Å². The summed E-state index contributed by atoms with van der Waals surface area (Å²) < 4.78 is 1.80. The maximum atomic E-state index is 10.2. The van der Waals surface area contributed by atoms with Gasteiger partial charge in [0.2, 0.25) is 5.16 Å². The topological polar surface area (TPSA) is 75.9 Å². The summed E-state index contributed by atoms with van der Waals surface area (Å²) in [6.07, 6.45) is 2.57. The molecule has 1 aromatic rings. The first-order valence-electron chi connectivity index (χ1n) is 6.84. The maximum Gasteiger partial charge on any atom is 0.209 e. The lowest BCUT2D eigenvalue weighted by Gasteiger charge is -2.26. The lowest BCUT2D eigenvalue weighted by Crippen LogP contribution is -2.34. The monoisotopic (exact) mass is 285 g/mol. The van der Waals surface area contributed by atoms with Gasteiger partial charge in [-0.1, -0.05) is 25.6 Å². The smallest absolute Gasteiger partial charge is 0.209 e. The lowest BCUT2D eigenvalue weighted by atomic mass is 9.95. The highest BCUT2D eigenvalue weighted by Crippen LogP contribution is 2.25. The van der Waals surface area contributed by atoms with Crippen molar-refractivity contribution < 1.29 is 5.11 Å². The molecule has 0 amide bonds. The molecule has 1 unspecified atom stereocenters. The molecule has 19 heavy (non-hydrogen) atoms. The minimum Gasteiger partial charge on any atom is -0.389 e. The largest absolute Gasteiger partial charge is 0.389 e. The van der Waals surface area contributed by atoms with E-state index in [0.717, 1.165) is 18.2 Å². The summed E-state index contributed by atoms with van der Waals surface area (Å²) in [5.41, 5.74) is -0.701. The van der Waals surface area contributed by atoms with E-state index in [1.807, 2.05) is 20.8 Å². The Morgan fingerprint density at radius 2 is 2.26 bits per heavy atom. The highest BCUT2D eigenvalue weighted by Gasteiger charge is 2.26. The van der Waals surface area contributed by atoms with Gasteiger partial charge in [-0.2, -0.15) is 0 Å². The van der Waals surface area contributed by atoms with Crippen LogP contribution < -0.4 is 5.32 Å². The number of tetrazole rings is 1. The minimum atomic E-state index is -0.701. The van der Waals surface area contributed by atoms with Crippen LogP contribution in [0, 0.1) is 5.92 Å². The van der Waals surface area contributed by atoms with Crippen LogP contribution in [0.15, 0.2) is 5.16 Å². The number of hydrogen-bond acceptors (Lipinski definition) is 6. The molecular formula is C12H23N5OS. The average Bonchev–Trinajstić information content (AvgIpc) is 3.05. The number of aliphatic hydroxyl groups is 1. The molecule has 0 bridgehead atoms. The molecule has 1 aliphatic carbocycles. The Bertz CT molecular complexity index is 403. The van der Waals surface area contributed by atoms with E-state index in [1.54, 1.807) is 4.68 Å². The van der Waals surface area contributed by atoms with Crippen molar-refractivity contribution in [1.29, 1.82) is 0 Å². The van der Waals surface area contributed by atoms with Gasteiger partial charge in [-0.3, -0.25) is 0 Å². The Labute approximate surface area is 118 Å². The molecule has 1 atom stereocenters. The van der Waals surface area contributed by atoms with Crippen LogP contribution in [0.25, 0.3) is 0 Å². The Morgan fingerprint density at radius 3 is 2.89 bits per heavy atom. The first kappa shape index (κ1) is 14.7. The van der Waals surface area contributed by atoms with E-state index >= 15 is 0 Å². The van der Waals surface area contributed by atoms with Crippen molar-refractivity contribution in [3.8, 4) is 0 Å². The van der Waals surface area contributed by atoms with E-state index in [2.05, 4.69) is 20.8 Å². The van der Waals surface area contributed by atoms with Crippen LogP contribution in [-0.2, 0) is 6.54 Å². The summed E-state index contributed by atoms with van der Waals surface area (Å²) in [4.78, 5) is 0. The van der Waals surface area contributed by atoms with Gasteiger partial charge >= 0.3 is 0 Å². The second-order valence-electron chi connectivity index (χ2n) is 5.71. The van der Waals surface area contributed by atoms with Crippen LogP contribution in [0.3, 0.4) is 0 Å². The van der Waals surface area contributed by atoms with Crippen LogP contribution in [0.4, 0.5) is 0 Å². The zero-order chi connectivity index (χ0) is 13.9. The van der Waals surface area contributed by atoms with E-state index in [4.69, 9.17) is 0 Å². The highest BCUT2D eigenvalue weighted by molar-refractivity contribution is 7.99. The molecule has 0 aromatic carbocycles. The fraction of sp³-hybridized carbons (Fsp3) is 0.917. The molecule has 2 N–H and O–H groups in total. The van der Waals surface area contributed by atoms with Crippen molar-refractivity contribution in [3.05, 3.63) is 0 Å². The van der Waals surface area contributed by atoms with Crippen molar-refractivity contribution in [2.75, 3.05) is 12.3 Å². The molecule has 1 aromatic heterocycles. The number of nitrogens with one attached hydrogen (secondary N) is 1. The Balaban J connectivity index is 1.81. The summed E-state index contributed by atoms with van der Waals surface area (Å²) >= 11 is 1.51. The van der Waals surface area contributed by atoms with Gasteiger partial charge in [0.15, 0.2) is 0 Å². The van der Waals surface area contributed by atoms with Gasteiger partial charge in [-0.15, -0.1) is 5.10 Å². The molecule has 0 aliphatic heterocycles. The summed E-state index contributed by atoms with van der Waals surface area (Å²) in [5, 5.41) is 26.2. The summed E-state index contributed by atoms with van der Waals surface area (Å²) in [6, 6.07) is 0.703. The molecule has 108 valence electrons. The van der Waals surface area contributed by atoms with Gasteiger partial charge in [0.1, 0.15) is 0 Å². The molecular weight excluding hydrogens is 262 g/mol. The zero-order valence-electron chi connectivity index (χ0n) is 11.8. The Morgan fingerprint density at radius 1 is 1.53 bits per heavy atom. The Hall–Kier alpha value is -0.660. The first-order valence-corrected chi connectivity index (χ1v) is 7.82. The molecule has 1 heterocycles. The Kier molecular flexibility index (Phi) is 4.81. The molecule has 0 saturated heterocycles. The van der Waals surface area contributed by atoms with E-state index in [-0.39, 0.29) is 5.92 Å². The SMILES string of the molecule is CC(C)C(C)(O)CSc1nnnn1CCNC1CC1. The van der Waals surface area contributed by atoms with Crippen molar-refractivity contribution >= 4 is 11.8 Å². The molecule has 1 saturated carbocycles. The predicted molar refractivity (Wildman–Crippen MR) is 75.0 cm³/mol. The van der Waals surface area contributed by atoms with Gasteiger partial charge in [-0.05, 0) is 36.1 Å². The molecule has 6 nitrogen and oxygen atoms in total. The highest BCUT2D eigenvalue weighted by atomic mass is 32.2. The molecule has 2 rings (SSSR count). The van der Waals surface area contributed by atoms with E-state index in [1.165, 1.54) is 24.6 Å². The second-order valence-corrected chi connectivity index (χ2v) is 6.66. The van der Waals surface area contributed by atoms with Crippen molar-refractivity contribution in [3.63, 3.8) is 0 Å². The fourth-order valence-corrected chi connectivity index (χ4v) is 2.61. The van der Waals surface area contributed by atoms with Crippen LogP contribution in [0.2, 0.25) is 0 Å². The maximum absolute atomic E-state index is 10.2. The number of thioether (sulfide) groups is 1. The second kappa shape index (κ2) is 6.19. The predicted octanol–water partition coefficient (Wildman–Crippen LogP) is 0.924. The first-order chi connectivity index (χ1) is 8.99. The van der Waals surface area contributed by atoms with Crippen molar-refractivity contribution in [1.82, 2.24) is 25.5 Å². The number of aromatic nitrogens is 4. The van der Waals surface area contributed by atoms with Crippen LogP contribution in [0.5, 0.6) is 0 Å². The van der Waals surface area contributed by atoms with Gasteiger partial charge in [-0.25, -0.2) is 4.68 Å². The third kappa shape index (κ3) is 4.43. The van der Waals surface area contributed by atoms with Crippen molar-refractivity contribution in [2.45, 2.75) is 57.0 Å². The van der Waals surface area contributed by atoms with Gasteiger partial charge in [0.25, 0.3) is 0 Å². The van der Waals surface area contributed by atoms with Gasteiger partial charge < -0.3 is 10.4 Å².